The number of carbonyl (C=O) groups is 3. The van der Waals surface area contributed by atoms with Crippen molar-refractivity contribution in [2.45, 2.75) is 103 Å². The first kappa shape index (κ1) is 51.2. The fourth-order valence-corrected chi connectivity index (χ4v) is 11.7. The molecule has 4 aromatic carbocycles. The molecule has 15 nitrogen and oxygen atoms in total. The van der Waals surface area contributed by atoms with Gasteiger partial charge >= 0.3 is 6.18 Å². The van der Waals surface area contributed by atoms with Gasteiger partial charge in [0.2, 0.25) is 17.7 Å². The van der Waals surface area contributed by atoms with E-state index in [1.807, 2.05) is 55.7 Å². The number of anilines is 2. The number of aromatic nitrogens is 6. The van der Waals surface area contributed by atoms with Gasteiger partial charge in [0.05, 0.1) is 51.6 Å². The number of likely N-dealkylation sites (tertiary alicyclic amines) is 1. The van der Waals surface area contributed by atoms with E-state index < -0.39 is 53.9 Å². The summed E-state index contributed by atoms with van der Waals surface area (Å²) in [6.07, 6.45) is -3.50. The van der Waals surface area contributed by atoms with Crippen molar-refractivity contribution in [3.05, 3.63) is 131 Å². The second kappa shape index (κ2) is 19.9. The van der Waals surface area contributed by atoms with E-state index in [1.54, 1.807) is 11.8 Å². The Morgan fingerprint density at radius 2 is 1.13 bits per heavy atom. The molecule has 77 heavy (non-hydrogen) atoms. The molecule has 0 unspecified atom stereocenters. The fraction of sp³-hybridized carbons (Fsp3) is 0.364. The van der Waals surface area contributed by atoms with Crippen LogP contribution in [0.1, 0.15) is 104 Å². The number of hydrogen-bond acceptors (Lipinski definition) is 10. The second-order valence-electron chi connectivity index (χ2n) is 20.0. The summed E-state index contributed by atoms with van der Waals surface area (Å²) in [5.41, 5.74) is 8.55. The van der Waals surface area contributed by atoms with Crippen molar-refractivity contribution >= 4 is 51.2 Å². The van der Waals surface area contributed by atoms with Crippen molar-refractivity contribution in [2.75, 3.05) is 36.0 Å². The van der Waals surface area contributed by atoms with Crippen LogP contribution in [0.3, 0.4) is 0 Å². The average Bonchev–Trinajstić information content (AvgIpc) is 4.32. The first-order chi connectivity index (χ1) is 36.8. The second-order valence-corrected chi connectivity index (χ2v) is 20.0. The molecule has 4 atom stereocenters. The van der Waals surface area contributed by atoms with E-state index in [0.717, 1.165) is 94.3 Å². The van der Waals surface area contributed by atoms with E-state index in [4.69, 9.17) is 19.0 Å². The molecule has 8 heterocycles. The predicted octanol–water partition coefficient (Wildman–Crippen LogP) is 11.2. The Hall–Kier alpha value is -7.88. The van der Waals surface area contributed by atoms with Gasteiger partial charge in [0.1, 0.15) is 29.6 Å². The highest BCUT2D eigenvalue weighted by molar-refractivity contribution is 5.97. The highest BCUT2D eigenvalue weighted by Crippen LogP contribution is 2.44. The zero-order chi connectivity index (χ0) is 54.2. The number of alkyl halides is 3. The van der Waals surface area contributed by atoms with Crippen molar-refractivity contribution in [1.29, 1.82) is 0 Å². The minimum absolute atomic E-state index is 0.0326. The predicted molar refractivity (Wildman–Crippen MR) is 268 cm³/mol. The molecule has 22 heteroatoms. The Morgan fingerprint density at radius 1 is 0.636 bits per heavy atom. The van der Waals surface area contributed by atoms with Crippen molar-refractivity contribution in [3.8, 4) is 22.3 Å². The zero-order valence-corrected chi connectivity index (χ0v) is 42.2. The number of carbonyl (C=O) groups excluding carboxylic acids is 3. The van der Waals surface area contributed by atoms with Gasteiger partial charge in [-0.2, -0.15) is 13.2 Å². The van der Waals surface area contributed by atoms with Crippen LogP contribution in [-0.2, 0) is 14.4 Å². The first-order valence-electron chi connectivity index (χ1n) is 25.3. The molecule has 8 aromatic rings. The highest BCUT2D eigenvalue weighted by Gasteiger charge is 2.42. The van der Waals surface area contributed by atoms with Crippen LogP contribution in [0, 0.1) is 51.0 Å². The molecular formula is C55H51F7N10O5. The summed E-state index contributed by atoms with van der Waals surface area (Å²) in [5.74, 6) is -2.90. The van der Waals surface area contributed by atoms with Crippen LogP contribution in [0.2, 0.25) is 0 Å². The summed E-state index contributed by atoms with van der Waals surface area (Å²) in [5, 5.41) is 11.5. The maximum atomic E-state index is 14.2. The molecule has 4 aliphatic heterocycles. The Kier molecular flexibility index (Phi) is 13.3. The van der Waals surface area contributed by atoms with E-state index in [-0.39, 0.29) is 49.1 Å². The average molecular weight is 1070 g/mol. The highest BCUT2D eigenvalue weighted by atomic mass is 19.4. The van der Waals surface area contributed by atoms with E-state index in [2.05, 4.69) is 26.3 Å². The molecule has 12 rings (SSSR count). The van der Waals surface area contributed by atoms with E-state index in [1.165, 1.54) is 21.9 Å². The third-order valence-electron chi connectivity index (χ3n) is 15.1. The molecule has 3 amide bonds. The van der Waals surface area contributed by atoms with Gasteiger partial charge in [-0.1, -0.05) is 22.4 Å². The lowest BCUT2D eigenvalue weighted by atomic mass is 10.0. The molecule has 4 aromatic heterocycles. The van der Waals surface area contributed by atoms with E-state index >= 15 is 0 Å². The maximum Gasteiger partial charge on any atom is 0.397 e. The molecular weight excluding hydrogens is 1010 g/mol. The van der Waals surface area contributed by atoms with Gasteiger partial charge in [0.25, 0.3) is 0 Å². The molecule has 0 bridgehead atoms. The van der Waals surface area contributed by atoms with Gasteiger partial charge in [-0.3, -0.25) is 14.4 Å². The number of fused-ring (bicyclic) bond motifs is 2. The SMILES string of the molecule is Cc1noc(C)c1-c1ccc2c(c1)nc([C@@H]1CCC(=O)N1c1ccc(F)c(F)c1)n2[C@@H]1CCN(C(=O)CC(F)(F)F)C1.Cc1noc(C)c1-c1ccc2c(c1)nc([C@@H]1CCC(=O)N1c1ccc(F)c(F)c1)n2[C@@H]1CCNC1. The van der Waals surface area contributed by atoms with Crippen LogP contribution in [0.25, 0.3) is 44.3 Å². The number of nitrogens with one attached hydrogen (secondary N) is 1. The van der Waals surface area contributed by atoms with E-state index in [9.17, 15) is 45.1 Å². The topological polar surface area (TPSA) is 161 Å². The molecule has 4 aliphatic rings. The maximum absolute atomic E-state index is 14.2. The zero-order valence-electron chi connectivity index (χ0n) is 42.2. The number of hydrogen-bond donors (Lipinski definition) is 1. The number of benzene rings is 4. The van der Waals surface area contributed by atoms with Gasteiger partial charge in [0, 0.05) is 73.2 Å². The number of aryl methyl sites for hydroxylation is 4. The van der Waals surface area contributed by atoms with Gasteiger partial charge in [-0.05, 0) is 120 Å². The summed E-state index contributed by atoms with van der Waals surface area (Å²) >= 11 is 0. The normalized spacial score (nSPS) is 19.9. The minimum atomic E-state index is -4.62. The van der Waals surface area contributed by atoms with Crippen LogP contribution in [0.5, 0.6) is 0 Å². The van der Waals surface area contributed by atoms with Crippen molar-refractivity contribution in [1.82, 2.24) is 39.6 Å². The summed E-state index contributed by atoms with van der Waals surface area (Å²) in [6.45, 7) is 9.27. The van der Waals surface area contributed by atoms with Crippen LogP contribution < -0.4 is 15.1 Å². The monoisotopic (exact) mass is 1060 g/mol. The Balaban J connectivity index is 0.000000166. The standard InChI is InChI=1S/C29H26F5N5O3.C26H25F2N5O2/c1-15-27(16(2)42-36-15)17-3-6-23-22(11-17)35-28(39(23)19-9-10-37(14-19)26(41)13-29(32,33)34)24-7-8-25(40)38(24)18-4-5-20(30)21(31)12-18;1-14-25(15(2)35-31-14)16-3-6-22-21(11-16)30-26(33(22)18-9-10-29-13-18)23-7-8-24(34)32(23)17-4-5-19(27)20(28)12-17/h3-6,11-12,19,24H,7-10,13-14H2,1-2H3;3-6,11-12,18,23,29H,7-10,13H2,1-2H3/t19-,24+;18-,23+/m11/s1. The molecule has 4 fully saturated rings. The third kappa shape index (κ3) is 9.49. The van der Waals surface area contributed by atoms with Gasteiger partial charge < -0.3 is 38.2 Å². The van der Waals surface area contributed by atoms with Crippen LogP contribution >= 0.6 is 0 Å². The first-order valence-corrected chi connectivity index (χ1v) is 25.3. The number of imidazole rings is 2. The fourth-order valence-electron chi connectivity index (χ4n) is 11.7. The van der Waals surface area contributed by atoms with Crippen molar-refractivity contribution in [2.24, 2.45) is 0 Å². The Morgan fingerprint density at radius 3 is 1.56 bits per heavy atom. The molecule has 400 valence electrons. The smallest absolute Gasteiger partial charge is 0.361 e. The molecule has 0 spiro atoms. The number of rotatable bonds is 9. The quantitative estimate of drug-likeness (QED) is 0.138. The largest absolute Gasteiger partial charge is 0.397 e. The van der Waals surface area contributed by atoms with Crippen molar-refractivity contribution < 1.29 is 54.2 Å². The Labute approximate surface area is 435 Å². The lowest BCUT2D eigenvalue weighted by molar-refractivity contribution is -0.160. The summed E-state index contributed by atoms with van der Waals surface area (Å²) in [6, 6.07) is 17.3. The minimum Gasteiger partial charge on any atom is -0.361 e. The summed E-state index contributed by atoms with van der Waals surface area (Å²) in [4.78, 5) is 52.5. The van der Waals surface area contributed by atoms with Crippen LogP contribution in [0.4, 0.5) is 42.1 Å². The van der Waals surface area contributed by atoms with Gasteiger partial charge in [-0.25, -0.2) is 27.5 Å². The van der Waals surface area contributed by atoms with Gasteiger partial charge in [-0.15, -0.1) is 0 Å². The lowest BCUT2D eigenvalue weighted by Gasteiger charge is -2.27. The summed E-state index contributed by atoms with van der Waals surface area (Å²) < 4.78 is 109. The third-order valence-corrected chi connectivity index (χ3v) is 15.1. The van der Waals surface area contributed by atoms with Gasteiger partial charge in [0.15, 0.2) is 23.3 Å². The van der Waals surface area contributed by atoms with Crippen LogP contribution in [0.15, 0.2) is 81.8 Å². The lowest BCUT2D eigenvalue weighted by Crippen LogP contribution is -2.33. The molecule has 0 aliphatic carbocycles. The van der Waals surface area contributed by atoms with Crippen LogP contribution in [-0.4, -0.2) is 84.4 Å². The number of halogens is 7. The molecule has 4 saturated heterocycles. The molecule has 1 N–H and O–H groups in total. The summed E-state index contributed by atoms with van der Waals surface area (Å²) in [7, 11) is 0. The van der Waals surface area contributed by atoms with E-state index in [0.29, 0.717) is 59.7 Å². The number of amides is 3. The number of nitrogens with zero attached hydrogens (tertiary/aromatic N) is 9. The van der Waals surface area contributed by atoms with Crippen molar-refractivity contribution in [3.63, 3.8) is 0 Å². The molecule has 0 radical (unpaired) electrons. The molecule has 0 saturated carbocycles. The Bertz CT molecular complexity index is 3600.